The van der Waals surface area contributed by atoms with Gasteiger partial charge < -0.3 is 15.3 Å². The van der Waals surface area contributed by atoms with Gasteiger partial charge in [0.25, 0.3) is 5.91 Å². The van der Waals surface area contributed by atoms with Crippen LogP contribution in [0, 0.1) is 5.21 Å². The summed E-state index contributed by atoms with van der Waals surface area (Å²) in [6, 6.07) is 15.9. The quantitative estimate of drug-likeness (QED) is 0.451. The van der Waals surface area contributed by atoms with Crippen LogP contribution in [0.5, 0.6) is 0 Å². The molecule has 1 unspecified atom stereocenters. The topological polar surface area (TPSA) is 82.3 Å². The number of carbonyl (C=O) groups is 2. The van der Waals surface area contributed by atoms with E-state index in [0.29, 0.717) is 10.4 Å². The van der Waals surface area contributed by atoms with E-state index < -0.39 is 18.0 Å². The molecule has 0 spiro atoms. The van der Waals surface area contributed by atoms with Crippen molar-refractivity contribution < 1.29 is 19.1 Å². The van der Waals surface area contributed by atoms with Crippen LogP contribution in [0.2, 0.25) is 0 Å². The molecule has 0 saturated heterocycles. The molecule has 6 heteroatoms. The normalized spacial score (nSPS) is 11.7. The van der Waals surface area contributed by atoms with E-state index in [1.54, 1.807) is 6.07 Å². The predicted octanol–water partition coefficient (Wildman–Crippen LogP) is 2.66. The highest BCUT2D eigenvalue weighted by Gasteiger charge is 2.20. The molecule has 0 aliphatic carbocycles. The zero-order valence-corrected chi connectivity index (χ0v) is 13.5. The molecule has 3 rings (SSSR count). The van der Waals surface area contributed by atoms with E-state index in [1.165, 1.54) is 31.5 Å². The van der Waals surface area contributed by atoms with Crippen LogP contribution in [0.25, 0.3) is 10.8 Å². The van der Waals surface area contributed by atoms with Crippen LogP contribution >= 0.6 is 0 Å². The summed E-state index contributed by atoms with van der Waals surface area (Å²) < 4.78 is 5.72. The van der Waals surface area contributed by atoms with E-state index in [9.17, 15) is 14.8 Å². The molecule has 1 amide bonds. The van der Waals surface area contributed by atoms with Crippen LogP contribution in [0.4, 0.5) is 5.69 Å². The largest absolute Gasteiger partial charge is 0.619 e. The summed E-state index contributed by atoms with van der Waals surface area (Å²) >= 11 is 0. The zero-order chi connectivity index (χ0) is 17.8. The van der Waals surface area contributed by atoms with E-state index in [-0.39, 0.29) is 5.56 Å². The van der Waals surface area contributed by atoms with Crippen LogP contribution in [0.3, 0.4) is 0 Å². The standard InChI is InChI=1S/C19H16N2O4/c1-13(25-19(23)15-9-11-21(24)12-10-15)18(22)20-17-8-4-6-14-5-2-3-7-16(14)17/h2-13H,1H3,(H,20,22). The molecule has 1 heterocycles. The van der Waals surface area contributed by atoms with Gasteiger partial charge in [-0.1, -0.05) is 36.4 Å². The Labute approximate surface area is 144 Å². The number of aromatic nitrogens is 1. The lowest BCUT2D eigenvalue weighted by molar-refractivity contribution is -0.605. The van der Waals surface area contributed by atoms with Gasteiger partial charge in [0, 0.05) is 23.2 Å². The van der Waals surface area contributed by atoms with E-state index in [1.807, 2.05) is 36.4 Å². The van der Waals surface area contributed by atoms with E-state index in [4.69, 9.17) is 4.74 Å². The fraction of sp³-hybridized carbons (Fsp3) is 0.105. The Hall–Kier alpha value is -3.41. The molecule has 3 aromatic rings. The van der Waals surface area contributed by atoms with Crippen molar-refractivity contribution in [2.45, 2.75) is 13.0 Å². The fourth-order valence-corrected chi connectivity index (χ4v) is 2.40. The average Bonchev–Trinajstić information content (AvgIpc) is 2.62. The van der Waals surface area contributed by atoms with Crippen molar-refractivity contribution in [3.8, 4) is 0 Å². The van der Waals surface area contributed by atoms with Crippen molar-refractivity contribution in [1.29, 1.82) is 0 Å². The monoisotopic (exact) mass is 336 g/mol. The summed E-state index contributed by atoms with van der Waals surface area (Å²) in [6.07, 6.45) is 1.40. The van der Waals surface area contributed by atoms with Crippen molar-refractivity contribution in [2.24, 2.45) is 0 Å². The number of benzene rings is 2. The maximum Gasteiger partial charge on any atom is 0.339 e. The third-order valence-corrected chi connectivity index (χ3v) is 3.74. The molecule has 0 fully saturated rings. The number of pyridine rings is 1. The predicted molar refractivity (Wildman–Crippen MR) is 92.9 cm³/mol. The van der Waals surface area contributed by atoms with E-state index >= 15 is 0 Å². The number of amides is 1. The van der Waals surface area contributed by atoms with E-state index in [0.717, 1.165) is 10.8 Å². The lowest BCUT2D eigenvalue weighted by Gasteiger charge is -2.14. The molecule has 0 aliphatic heterocycles. The number of esters is 1. The minimum atomic E-state index is -0.981. The minimum Gasteiger partial charge on any atom is -0.619 e. The number of fused-ring (bicyclic) bond motifs is 1. The van der Waals surface area contributed by atoms with Gasteiger partial charge >= 0.3 is 5.97 Å². The van der Waals surface area contributed by atoms with Gasteiger partial charge in [-0.2, -0.15) is 4.73 Å². The van der Waals surface area contributed by atoms with Gasteiger partial charge in [0.1, 0.15) is 0 Å². The van der Waals surface area contributed by atoms with Crippen LogP contribution in [0.1, 0.15) is 17.3 Å². The Bertz CT molecular complexity index is 917. The summed E-state index contributed by atoms with van der Waals surface area (Å²) in [5.74, 6) is -1.10. The molecule has 0 saturated carbocycles. The molecule has 1 aromatic heterocycles. The lowest BCUT2D eigenvalue weighted by atomic mass is 10.1. The van der Waals surface area contributed by atoms with Crippen LogP contribution < -0.4 is 10.0 Å². The first-order valence-electron chi connectivity index (χ1n) is 7.73. The summed E-state index contributed by atoms with van der Waals surface area (Å²) in [6.45, 7) is 1.50. The van der Waals surface area contributed by atoms with Gasteiger partial charge in [-0.15, -0.1) is 0 Å². The number of nitrogens with one attached hydrogen (secondary N) is 1. The smallest absolute Gasteiger partial charge is 0.339 e. The highest BCUT2D eigenvalue weighted by molar-refractivity contribution is 6.04. The first kappa shape index (κ1) is 16.4. The van der Waals surface area contributed by atoms with Gasteiger partial charge in [0.15, 0.2) is 18.5 Å². The Kier molecular flexibility index (Phi) is 4.61. The summed E-state index contributed by atoms with van der Waals surface area (Å²) in [7, 11) is 0. The highest BCUT2D eigenvalue weighted by Crippen LogP contribution is 2.23. The number of ether oxygens (including phenoxy) is 1. The first-order valence-corrected chi connectivity index (χ1v) is 7.73. The lowest BCUT2D eigenvalue weighted by Crippen LogP contribution is -2.30. The molecule has 0 bridgehead atoms. The second kappa shape index (κ2) is 7.00. The third kappa shape index (κ3) is 3.74. The SMILES string of the molecule is CC(OC(=O)c1cc[n+]([O-])cc1)C(=O)Nc1cccc2ccccc12. The molecule has 126 valence electrons. The van der Waals surface area contributed by atoms with Crippen molar-refractivity contribution in [3.63, 3.8) is 0 Å². The van der Waals surface area contributed by atoms with Crippen molar-refractivity contribution in [2.75, 3.05) is 5.32 Å². The number of anilines is 1. The second-order valence-corrected chi connectivity index (χ2v) is 5.51. The maximum atomic E-state index is 12.3. The second-order valence-electron chi connectivity index (χ2n) is 5.51. The Morgan fingerprint density at radius 1 is 1.04 bits per heavy atom. The molecule has 25 heavy (non-hydrogen) atoms. The Morgan fingerprint density at radius 3 is 2.48 bits per heavy atom. The molecule has 1 N–H and O–H groups in total. The first-order chi connectivity index (χ1) is 12.0. The molecular weight excluding hydrogens is 320 g/mol. The molecule has 6 nitrogen and oxygen atoms in total. The fourth-order valence-electron chi connectivity index (χ4n) is 2.40. The van der Waals surface area contributed by atoms with Crippen LogP contribution in [-0.2, 0) is 9.53 Å². The van der Waals surface area contributed by atoms with Crippen molar-refractivity contribution in [1.82, 2.24) is 0 Å². The number of hydrogen-bond donors (Lipinski definition) is 1. The third-order valence-electron chi connectivity index (χ3n) is 3.74. The van der Waals surface area contributed by atoms with Crippen molar-refractivity contribution in [3.05, 3.63) is 77.8 Å². The average molecular weight is 336 g/mol. The van der Waals surface area contributed by atoms with Crippen LogP contribution in [0.15, 0.2) is 67.0 Å². The summed E-state index contributed by atoms with van der Waals surface area (Å²) in [5, 5.41) is 15.7. The number of rotatable bonds is 4. The summed E-state index contributed by atoms with van der Waals surface area (Å²) in [5.41, 5.74) is 0.856. The Balaban J connectivity index is 1.70. The number of carbonyl (C=O) groups excluding carboxylic acids is 2. The minimum absolute atomic E-state index is 0.205. The van der Waals surface area contributed by atoms with Gasteiger partial charge in [0.2, 0.25) is 0 Å². The molecule has 0 aliphatic rings. The maximum absolute atomic E-state index is 12.3. The molecular formula is C19H16N2O4. The van der Waals surface area contributed by atoms with Gasteiger partial charge in [-0.3, -0.25) is 4.79 Å². The molecule has 2 aromatic carbocycles. The summed E-state index contributed by atoms with van der Waals surface area (Å²) in [4.78, 5) is 24.4. The Morgan fingerprint density at radius 2 is 1.72 bits per heavy atom. The number of hydrogen-bond acceptors (Lipinski definition) is 4. The van der Waals surface area contributed by atoms with Crippen LogP contribution in [-0.4, -0.2) is 18.0 Å². The van der Waals surface area contributed by atoms with E-state index in [2.05, 4.69) is 5.32 Å². The van der Waals surface area contributed by atoms with Gasteiger partial charge in [0.05, 0.1) is 5.56 Å². The number of nitrogens with zero attached hydrogens (tertiary/aromatic N) is 1. The molecule has 1 atom stereocenters. The van der Waals surface area contributed by atoms with Gasteiger partial charge in [-0.25, -0.2) is 4.79 Å². The van der Waals surface area contributed by atoms with Gasteiger partial charge in [-0.05, 0) is 18.4 Å². The van der Waals surface area contributed by atoms with Crippen molar-refractivity contribution >= 4 is 28.3 Å². The highest BCUT2D eigenvalue weighted by atomic mass is 16.5. The zero-order valence-electron chi connectivity index (χ0n) is 13.5. The molecule has 0 radical (unpaired) electrons.